The standard InChI is InChI=1S/C25H27N3O5S/c1-4-24(29)26-20-13-16(2)28(17(3)14-20)34(31,32)21-11-9-19(10-12-21)27-25(30)23-15-18-7-5-6-8-22(18)33-23/h4-12,15-17,20H,1,13-14H2,2-3H3,(H,26,29)(H,27,30). The van der Waals surface area contributed by atoms with Crippen molar-refractivity contribution in [3.05, 3.63) is 73.0 Å². The minimum absolute atomic E-state index is 0.113. The molecule has 2 N–H and O–H groups in total. The number of furan rings is 1. The minimum Gasteiger partial charge on any atom is -0.451 e. The Labute approximate surface area is 198 Å². The summed E-state index contributed by atoms with van der Waals surface area (Å²) >= 11 is 0. The Morgan fingerprint density at radius 3 is 2.32 bits per heavy atom. The Morgan fingerprint density at radius 2 is 1.71 bits per heavy atom. The van der Waals surface area contributed by atoms with Crippen LogP contribution in [-0.2, 0) is 14.8 Å². The molecule has 3 aromatic rings. The Balaban J connectivity index is 1.46. The van der Waals surface area contributed by atoms with Gasteiger partial charge in [0.05, 0.1) is 4.90 Å². The van der Waals surface area contributed by atoms with Gasteiger partial charge in [-0.05, 0) is 69.2 Å². The van der Waals surface area contributed by atoms with E-state index in [-0.39, 0.29) is 34.7 Å². The van der Waals surface area contributed by atoms with Crippen molar-refractivity contribution in [3.63, 3.8) is 0 Å². The predicted octanol–water partition coefficient (Wildman–Crippen LogP) is 3.92. The first-order chi connectivity index (χ1) is 16.2. The molecule has 0 spiro atoms. The van der Waals surface area contributed by atoms with E-state index in [0.717, 1.165) is 5.39 Å². The molecule has 4 rings (SSSR count). The lowest BCUT2D eigenvalue weighted by molar-refractivity contribution is -0.117. The fourth-order valence-electron chi connectivity index (χ4n) is 4.53. The van der Waals surface area contributed by atoms with E-state index in [9.17, 15) is 18.0 Å². The highest BCUT2D eigenvalue weighted by atomic mass is 32.2. The number of anilines is 1. The van der Waals surface area contributed by atoms with Crippen LogP contribution in [0.1, 0.15) is 37.2 Å². The molecule has 1 aliphatic rings. The highest BCUT2D eigenvalue weighted by Crippen LogP contribution is 2.30. The SMILES string of the molecule is C=CC(=O)NC1CC(C)N(S(=O)(=O)c2ccc(NC(=O)c3cc4ccccc4o3)cc2)C(C)C1. The number of nitrogens with one attached hydrogen (secondary N) is 2. The van der Waals surface area contributed by atoms with Crippen molar-refractivity contribution in [2.75, 3.05) is 5.32 Å². The lowest BCUT2D eigenvalue weighted by Crippen LogP contribution is -2.54. The summed E-state index contributed by atoms with van der Waals surface area (Å²) in [7, 11) is -3.76. The fourth-order valence-corrected chi connectivity index (χ4v) is 6.38. The average Bonchev–Trinajstić information content (AvgIpc) is 3.23. The molecule has 1 aliphatic heterocycles. The summed E-state index contributed by atoms with van der Waals surface area (Å²) in [6.45, 7) is 7.13. The molecular weight excluding hydrogens is 454 g/mol. The molecule has 0 bridgehead atoms. The van der Waals surface area contributed by atoms with Gasteiger partial charge >= 0.3 is 0 Å². The number of fused-ring (bicyclic) bond motifs is 1. The van der Waals surface area contributed by atoms with Crippen LogP contribution in [0.5, 0.6) is 0 Å². The van der Waals surface area contributed by atoms with Crippen LogP contribution in [0.3, 0.4) is 0 Å². The van der Waals surface area contributed by atoms with Gasteiger partial charge in [-0.3, -0.25) is 9.59 Å². The van der Waals surface area contributed by atoms with Gasteiger partial charge in [0.25, 0.3) is 5.91 Å². The van der Waals surface area contributed by atoms with Gasteiger partial charge in [0, 0.05) is 29.2 Å². The number of rotatable bonds is 6. The van der Waals surface area contributed by atoms with Crippen molar-refractivity contribution < 1.29 is 22.4 Å². The molecule has 0 saturated carbocycles. The topological polar surface area (TPSA) is 109 Å². The fraction of sp³-hybridized carbons (Fsp3) is 0.280. The highest BCUT2D eigenvalue weighted by Gasteiger charge is 2.39. The summed E-state index contributed by atoms with van der Waals surface area (Å²) in [5.74, 6) is -0.509. The number of nitrogens with zero attached hydrogens (tertiary/aromatic N) is 1. The van der Waals surface area contributed by atoms with Gasteiger partial charge < -0.3 is 15.1 Å². The molecular formula is C25H27N3O5S. The smallest absolute Gasteiger partial charge is 0.291 e. The van der Waals surface area contributed by atoms with Gasteiger partial charge in [0.2, 0.25) is 15.9 Å². The zero-order valence-corrected chi connectivity index (χ0v) is 19.8. The molecule has 2 aromatic carbocycles. The van der Waals surface area contributed by atoms with Gasteiger partial charge in [-0.1, -0.05) is 24.8 Å². The lowest BCUT2D eigenvalue weighted by atomic mass is 9.95. The maximum atomic E-state index is 13.4. The number of sulfonamides is 1. The van der Waals surface area contributed by atoms with E-state index in [1.54, 1.807) is 24.3 Å². The van der Waals surface area contributed by atoms with E-state index in [4.69, 9.17) is 4.42 Å². The number of hydrogen-bond donors (Lipinski definition) is 2. The number of piperidine rings is 1. The molecule has 9 heteroatoms. The molecule has 1 fully saturated rings. The van der Waals surface area contributed by atoms with Crippen LogP contribution < -0.4 is 10.6 Å². The van der Waals surface area contributed by atoms with Crippen molar-refractivity contribution in [3.8, 4) is 0 Å². The lowest BCUT2D eigenvalue weighted by Gasteiger charge is -2.41. The van der Waals surface area contributed by atoms with Crippen LogP contribution in [0.15, 0.2) is 76.6 Å². The molecule has 0 aliphatic carbocycles. The van der Waals surface area contributed by atoms with Gasteiger partial charge in [0.1, 0.15) is 5.58 Å². The van der Waals surface area contributed by atoms with Crippen molar-refractivity contribution in [1.82, 2.24) is 9.62 Å². The summed E-state index contributed by atoms with van der Waals surface area (Å²) in [5.41, 5.74) is 1.07. The minimum atomic E-state index is -3.76. The third kappa shape index (κ3) is 4.76. The normalized spacial score (nSPS) is 21.2. The Bertz CT molecular complexity index is 1290. The van der Waals surface area contributed by atoms with E-state index in [2.05, 4.69) is 17.2 Å². The van der Waals surface area contributed by atoms with E-state index >= 15 is 0 Å². The average molecular weight is 482 g/mol. The first-order valence-electron chi connectivity index (χ1n) is 11.1. The summed E-state index contributed by atoms with van der Waals surface area (Å²) < 4.78 is 33.8. The van der Waals surface area contributed by atoms with E-state index < -0.39 is 15.9 Å². The van der Waals surface area contributed by atoms with Crippen molar-refractivity contribution >= 4 is 38.5 Å². The first-order valence-corrected chi connectivity index (χ1v) is 12.5. The third-order valence-corrected chi connectivity index (χ3v) is 8.13. The molecule has 2 atom stereocenters. The Morgan fingerprint density at radius 1 is 1.06 bits per heavy atom. The van der Waals surface area contributed by atoms with E-state index in [0.29, 0.717) is 24.1 Å². The molecule has 2 heterocycles. The molecule has 8 nitrogen and oxygen atoms in total. The number of amides is 2. The number of hydrogen-bond acceptors (Lipinski definition) is 5. The molecule has 0 radical (unpaired) electrons. The van der Waals surface area contributed by atoms with Crippen LogP contribution in [0.25, 0.3) is 11.0 Å². The van der Waals surface area contributed by atoms with Gasteiger partial charge in [-0.2, -0.15) is 4.31 Å². The van der Waals surface area contributed by atoms with Gasteiger partial charge in [0.15, 0.2) is 5.76 Å². The molecule has 1 saturated heterocycles. The van der Waals surface area contributed by atoms with Gasteiger partial charge in [-0.25, -0.2) is 8.42 Å². The van der Waals surface area contributed by atoms with Crippen LogP contribution in [0, 0.1) is 0 Å². The summed E-state index contributed by atoms with van der Waals surface area (Å²) in [5, 5.41) is 6.42. The molecule has 1 aromatic heterocycles. The van der Waals surface area contributed by atoms with Crippen LogP contribution in [0.2, 0.25) is 0 Å². The zero-order valence-electron chi connectivity index (χ0n) is 19.0. The summed E-state index contributed by atoms with van der Waals surface area (Å²) in [6.07, 6.45) is 2.23. The van der Waals surface area contributed by atoms with E-state index in [1.165, 1.54) is 22.5 Å². The van der Waals surface area contributed by atoms with Crippen molar-refractivity contribution in [2.24, 2.45) is 0 Å². The van der Waals surface area contributed by atoms with E-state index in [1.807, 2.05) is 32.0 Å². The number of para-hydroxylation sites is 1. The molecule has 178 valence electrons. The second-order valence-electron chi connectivity index (χ2n) is 8.54. The maximum absolute atomic E-state index is 13.4. The van der Waals surface area contributed by atoms with Crippen LogP contribution in [-0.4, -0.2) is 42.7 Å². The highest BCUT2D eigenvalue weighted by molar-refractivity contribution is 7.89. The van der Waals surface area contributed by atoms with Gasteiger partial charge in [-0.15, -0.1) is 0 Å². The summed E-state index contributed by atoms with van der Waals surface area (Å²) in [4.78, 5) is 24.3. The molecule has 2 amide bonds. The Kier molecular flexibility index (Phi) is 6.58. The second kappa shape index (κ2) is 9.44. The van der Waals surface area contributed by atoms with Crippen LogP contribution in [0.4, 0.5) is 5.69 Å². The first kappa shape index (κ1) is 23.7. The number of carbonyl (C=O) groups is 2. The molecule has 34 heavy (non-hydrogen) atoms. The number of carbonyl (C=O) groups excluding carboxylic acids is 2. The Hall–Kier alpha value is -3.43. The quantitative estimate of drug-likeness (QED) is 0.519. The van der Waals surface area contributed by atoms with Crippen molar-refractivity contribution in [1.29, 1.82) is 0 Å². The summed E-state index contributed by atoms with van der Waals surface area (Å²) in [6, 6.07) is 14.4. The number of benzene rings is 2. The molecule has 2 unspecified atom stereocenters. The van der Waals surface area contributed by atoms with Crippen molar-refractivity contribution in [2.45, 2.75) is 49.7 Å². The maximum Gasteiger partial charge on any atom is 0.291 e. The van der Waals surface area contributed by atoms with Crippen LogP contribution >= 0.6 is 0 Å². The monoisotopic (exact) mass is 481 g/mol. The third-order valence-electron chi connectivity index (χ3n) is 5.99. The largest absolute Gasteiger partial charge is 0.451 e. The predicted molar refractivity (Wildman–Crippen MR) is 130 cm³/mol. The second-order valence-corrected chi connectivity index (χ2v) is 10.4. The zero-order chi connectivity index (χ0) is 24.5.